The summed E-state index contributed by atoms with van der Waals surface area (Å²) < 4.78 is 5.48. The molecule has 0 aliphatic carbocycles. The molecule has 9 heteroatoms. The van der Waals surface area contributed by atoms with Crippen LogP contribution < -0.4 is 5.32 Å². The van der Waals surface area contributed by atoms with Gasteiger partial charge in [0, 0.05) is 11.8 Å². The Kier molecular flexibility index (Phi) is 5.21. The summed E-state index contributed by atoms with van der Waals surface area (Å²) in [6, 6.07) is 19.7. The molecule has 144 valence electrons. The summed E-state index contributed by atoms with van der Waals surface area (Å²) in [5.41, 5.74) is 0.805. The average molecular weight is 406 g/mol. The normalized spacial score (nSPS) is 10.8. The summed E-state index contributed by atoms with van der Waals surface area (Å²) in [6.07, 6.45) is 0. The third kappa shape index (κ3) is 4.25. The molecular formula is C20H14N4O4S. The predicted molar refractivity (Wildman–Crippen MR) is 110 cm³/mol. The second-order valence-electron chi connectivity index (χ2n) is 6.05. The Balaban J connectivity index is 1.40. The fraction of sp³-hybridized carbons (Fsp3) is 0.0500. The maximum Gasteiger partial charge on any atom is 0.282 e. The van der Waals surface area contributed by atoms with Gasteiger partial charge in [-0.1, -0.05) is 54.2 Å². The number of nitro groups is 1. The first kappa shape index (κ1) is 18.6. The second-order valence-corrected chi connectivity index (χ2v) is 6.97. The average Bonchev–Trinajstić information content (AvgIpc) is 3.21. The van der Waals surface area contributed by atoms with E-state index in [2.05, 4.69) is 15.5 Å². The highest BCUT2D eigenvalue weighted by Crippen LogP contribution is 2.30. The van der Waals surface area contributed by atoms with Gasteiger partial charge in [-0.25, -0.2) is 0 Å². The van der Waals surface area contributed by atoms with Crippen LogP contribution in [-0.2, 0) is 4.79 Å². The molecule has 4 aromatic rings. The fourth-order valence-electron chi connectivity index (χ4n) is 2.78. The quantitative estimate of drug-likeness (QED) is 0.284. The third-order valence-electron chi connectivity index (χ3n) is 4.10. The first-order chi connectivity index (χ1) is 14.1. The minimum atomic E-state index is -0.511. The molecule has 0 saturated carbocycles. The number of para-hydroxylation sites is 1. The van der Waals surface area contributed by atoms with E-state index in [1.807, 2.05) is 42.5 Å². The van der Waals surface area contributed by atoms with E-state index in [-0.39, 0.29) is 34.0 Å². The molecular weight excluding hydrogens is 392 g/mol. The van der Waals surface area contributed by atoms with Gasteiger partial charge in [0.25, 0.3) is 16.8 Å². The minimum Gasteiger partial charge on any atom is -0.411 e. The van der Waals surface area contributed by atoms with Crippen molar-refractivity contribution in [1.29, 1.82) is 0 Å². The first-order valence-electron chi connectivity index (χ1n) is 8.59. The predicted octanol–water partition coefficient (Wildman–Crippen LogP) is 4.53. The Morgan fingerprint density at radius 1 is 1.03 bits per heavy atom. The number of aromatic nitrogens is 2. The molecule has 0 radical (unpaired) electrons. The van der Waals surface area contributed by atoms with Crippen LogP contribution in [0.5, 0.6) is 0 Å². The van der Waals surface area contributed by atoms with Gasteiger partial charge < -0.3 is 9.73 Å². The maximum absolute atomic E-state index is 12.2. The van der Waals surface area contributed by atoms with Crippen LogP contribution in [-0.4, -0.2) is 26.8 Å². The van der Waals surface area contributed by atoms with Crippen LogP contribution in [0.25, 0.3) is 22.2 Å². The van der Waals surface area contributed by atoms with Gasteiger partial charge >= 0.3 is 0 Å². The van der Waals surface area contributed by atoms with Crippen molar-refractivity contribution < 1.29 is 14.1 Å². The number of carbonyl (C=O) groups excluding carboxylic acids is 1. The highest BCUT2D eigenvalue weighted by molar-refractivity contribution is 7.99. The largest absolute Gasteiger partial charge is 0.411 e. The summed E-state index contributed by atoms with van der Waals surface area (Å²) in [7, 11) is 0. The zero-order valence-corrected chi connectivity index (χ0v) is 15.8. The van der Waals surface area contributed by atoms with Crippen LogP contribution >= 0.6 is 11.8 Å². The molecule has 1 heterocycles. The number of rotatable bonds is 6. The van der Waals surface area contributed by atoms with E-state index in [9.17, 15) is 14.9 Å². The smallest absolute Gasteiger partial charge is 0.282 e. The monoisotopic (exact) mass is 406 g/mol. The molecule has 0 aliphatic rings. The van der Waals surface area contributed by atoms with Crippen molar-refractivity contribution in [2.45, 2.75) is 5.22 Å². The molecule has 0 aliphatic heterocycles. The van der Waals surface area contributed by atoms with Crippen LogP contribution in [0.2, 0.25) is 0 Å². The van der Waals surface area contributed by atoms with Gasteiger partial charge in [-0.2, -0.15) is 0 Å². The number of hydrogen-bond donors (Lipinski definition) is 1. The van der Waals surface area contributed by atoms with Crippen LogP contribution in [0.4, 0.5) is 11.4 Å². The Bertz CT molecular complexity index is 1210. The first-order valence-corrected chi connectivity index (χ1v) is 9.57. The van der Waals surface area contributed by atoms with E-state index >= 15 is 0 Å². The molecule has 1 aromatic heterocycles. The Hall–Kier alpha value is -3.72. The van der Waals surface area contributed by atoms with E-state index in [0.29, 0.717) is 5.69 Å². The maximum atomic E-state index is 12.2. The zero-order valence-electron chi connectivity index (χ0n) is 14.9. The lowest BCUT2D eigenvalue weighted by molar-refractivity contribution is -0.384. The highest BCUT2D eigenvalue weighted by Gasteiger charge is 2.20. The minimum absolute atomic E-state index is 0.0368. The van der Waals surface area contributed by atoms with Gasteiger partial charge in [0.2, 0.25) is 5.91 Å². The molecule has 0 atom stereocenters. The molecule has 0 saturated heterocycles. The van der Waals surface area contributed by atoms with Gasteiger partial charge in [0.15, 0.2) is 0 Å². The van der Waals surface area contributed by atoms with Gasteiger partial charge in [0.1, 0.15) is 5.56 Å². The number of nitro benzene ring substituents is 1. The van der Waals surface area contributed by atoms with E-state index in [0.717, 1.165) is 22.5 Å². The van der Waals surface area contributed by atoms with E-state index in [1.54, 1.807) is 12.1 Å². The standard InChI is InChI=1S/C20H14N4O4S/c25-18(21-15-10-9-13-5-1-2-6-14(13)11-15)12-29-20-23-22-19(28-20)16-7-3-4-8-17(16)24(26)27/h1-11H,12H2,(H,21,25). The lowest BCUT2D eigenvalue weighted by atomic mass is 10.1. The van der Waals surface area contributed by atoms with Crippen LogP contribution in [0, 0.1) is 10.1 Å². The lowest BCUT2D eigenvalue weighted by Crippen LogP contribution is -2.13. The van der Waals surface area contributed by atoms with Gasteiger partial charge in [-0.3, -0.25) is 14.9 Å². The van der Waals surface area contributed by atoms with E-state index in [4.69, 9.17) is 4.42 Å². The van der Waals surface area contributed by atoms with Crippen molar-refractivity contribution in [3.63, 3.8) is 0 Å². The number of amides is 1. The fourth-order valence-corrected chi connectivity index (χ4v) is 3.35. The SMILES string of the molecule is O=C(CSc1nnc(-c2ccccc2[N+](=O)[O-])o1)Nc1ccc2ccccc2c1. The molecule has 4 rings (SSSR count). The Morgan fingerprint density at radius 3 is 2.62 bits per heavy atom. The highest BCUT2D eigenvalue weighted by atomic mass is 32.2. The van der Waals surface area contributed by atoms with Crippen LogP contribution in [0.3, 0.4) is 0 Å². The molecule has 8 nitrogen and oxygen atoms in total. The number of fused-ring (bicyclic) bond motifs is 1. The number of benzene rings is 3. The second kappa shape index (κ2) is 8.11. The van der Waals surface area contributed by atoms with Crippen LogP contribution in [0.1, 0.15) is 0 Å². The number of nitrogens with zero attached hydrogens (tertiary/aromatic N) is 3. The summed E-state index contributed by atoms with van der Waals surface area (Å²) in [5, 5.41) is 23.9. The summed E-state index contributed by atoms with van der Waals surface area (Å²) in [5.74, 6) is -0.129. The van der Waals surface area contributed by atoms with Crippen molar-refractivity contribution in [1.82, 2.24) is 10.2 Å². The summed E-state index contributed by atoms with van der Waals surface area (Å²) in [4.78, 5) is 22.9. The molecule has 0 spiro atoms. The van der Waals surface area contributed by atoms with Crippen molar-refractivity contribution in [2.24, 2.45) is 0 Å². The van der Waals surface area contributed by atoms with E-state index in [1.165, 1.54) is 12.1 Å². The van der Waals surface area contributed by atoms with Crippen LogP contribution in [0.15, 0.2) is 76.4 Å². The number of carbonyl (C=O) groups is 1. The molecule has 0 unspecified atom stereocenters. The van der Waals surface area contributed by atoms with Crippen molar-refractivity contribution in [3.8, 4) is 11.5 Å². The van der Waals surface area contributed by atoms with Gasteiger partial charge in [-0.15, -0.1) is 10.2 Å². The number of nitrogens with one attached hydrogen (secondary N) is 1. The number of hydrogen-bond acceptors (Lipinski definition) is 7. The van der Waals surface area contributed by atoms with Crippen molar-refractivity contribution >= 4 is 39.8 Å². The topological polar surface area (TPSA) is 111 Å². The summed E-state index contributed by atoms with van der Waals surface area (Å²) >= 11 is 1.06. The lowest BCUT2D eigenvalue weighted by Gasteiger charge is -2.05. The number of thioether (sulfide) groups is 1. The van der Waals surface area contributed by atoms with Crippen molar-refractivity contribution in [3.05, 3.63) is 76.8 Å². The summed E-state index contributed by atoms with van der Waals surface area (Å²) in [6.45, 7) is 0. The third-order valence-corrected chi connectivity index (χ3v) is 4.92. The van der Waals surface area contributed by atoms with Crippen molar-refractivity contribution in [2.75, 3.05) is 11.1 Å². The molecule has 1 amide bonds. The molecule has 3 aromatic carbocycles. The molecule has 1 N–H and O–H groups in total. The molecule has 0 bridgehead atoms. The van der Waals surface area contributed by atoms with E-state index < -0.39 is 4.92 Å². The molecule has 0 fully saturated rings. The Morgan fingerprint density at radius 2 is 1.79 bits per heavy atom. The van der Waals surface area contributed by atoms with Gasteiger partial charge in [-0.05, 0) is 29.0 Å². The Labute approximate surface area is 169 Å². The van der Waals surface area contributed by atoms with Gasteiger partial charge in [0.05, 0.1) is 10.7 Å². The molecule has 29 heavy (non-hydrogen) atoms. The number of anilines is 1. The zero-order chi connectivity index (χ0) is 20.2.